The fraction of sp³-hybridized carbons (Fsp3) is 0.643. The fourth-order valence-corrected chi connectivity index (χ4v) is 2.80. The van der Waals surface area contributed by atoms with Gasteiger partial charge in [0.1, 0.15) is 5.69 Å². The van der Waals surface area contributed by atoms with Gasteiger partial charge in [-0.1, -0.05) is 12.8 Å². The van der Waals surface area contributed by atoms with Crippen LogP contribution in [0, 0.1) is 5.41 Å². The van der Waals surface area contributed by atoms with Crippen molar-refractivity contribution >= 4 is 11.9 Å². The molecule has 21 heavy (non-hydrogen) atoms. The normalized spacial score (nSPS) is 25.5. The first kappa shape index (κ1) is 15.5. The Labute approximate surface area is 123 Å². The molecule has 1 aromatic rings. The summed E-state index contributed by atoms with van der Waals surface area (Å²) >= 11 is 0. The number of rotatable bonds is 5. The van der Waals surface area contributed by atoms with Gasteiger partial charge in [-0.2, -0.15) is 0 Å². The average molecular weight is 294 g/mol. The molecule has 7 heteroatoms. The molecule has 0 bridgehead atoms. The number of hydrogen-bond acceptors (Lipinski definition) is 4. The number of hydrogen-bond donors (Lipinski definition) is 3. The third kappa shape index (κ3) is 3.24. The van der Waals surface area contributed by atoms with Gasteiger partial charge in [-0.3, -0.25) is 9.59 Å². The highest BCUT2D eigenvalue weighted by molar-refractivity contribution is 5.92. The lowest BCUT2D eigenvalue weighted by atomic mass is 9.71. The van der Waals surface area contributed by atoms with E-state index in [0.29, 0.717) is 31.6 Å². The van der Waals surface area contributed by atoms with Crippen LogP contribution < -0.4 is 11.1 Å². The third-order valence-electron chi connectivity index (χ3n) is 4.26. The van der Waals surface area contributed by atoms with Crippen LogP contribution in [0.3, 0.4) is 0 Å². The second-order valence-corrected chi connectivity index (χ2v) is 5.78. The van der Waals surface area contributed by atoms with Gasteiger partial charge in [0.15, 0.2) is 0 Å². The van der Waals surface area contributed by atoms with Crippen molar-refractivity contribution in [3.05, 3.63) is 18.2 Å². The molecule has 4 N–H and O–H groups in total. The Morgan fingerprint density at radius 1 is 1.57 bits per heavy atom. The number of nitrogens with two attached hydrogens (primary N) is 1. The molecule has 1 amide bonds. The first-order valence-corrected chi connectivity index (χ1v) is 7.23. The quantitative estimate of drug-likeness (QED) is 0.736. The molecule has 1 saturated carbocycles. The number of carbonyl (C=O) groups excluding carboxylic acids is 1. The van der Waals surface area contributed by atoms with Crippen LogP contribution in [0.4, 0.5) is 0 Å². The lowest BCUT2D eigenvalue weighted by Crippen LogP contribution is -2.52. The summed E-state index contributed by atoms with van der Waals surface area (Å²) in [6.45, 7) is 2.76. The van der Waals surface area contributed by atoms with E-state index in [0.717, 1.165) is 12.8 Å². The summed E-state index contributed by atoms with van der Waals surface area (Å²) in [5, 5.41) is 12.3. The molecular weight excluding hydrogens is 272 g/mol. The van der Waals surface area contributed by atoms with Crippen molar-refractivity contribution in [1.29, 1.82) is 0 Å². The zero-order chi connectivity index (χ0) is 15.5. The van der Waals surface area contributed by atoms with E-state index in [-0.39, 0.29) is 11.9 Å². The summed E-state index contributed by atoms with van der Waals surface area (Å²) in [7, 11) is 0. The second-order valence-electron chi connectivity index (χ2n) is 5.78. The standard InChI is InChI=1S/C14H22N4O3/c1-14(13(20)21)5-3-2-4-11(14)17-12(19)10-8-18(7-6-15)9-16-10/h8-9,11H,2-7,15H2,1H3,(H,17,19)(H,20,21). The molecule has 1 fully saturated rings. The van der Waals surface area contributed by atoms with Crippen LogP contribution in [-0.2, 0) is 11.3 Å². The largest absolute Gasteiger partial charge is 0.481 e. The minimum absolute atomic E-state index is 0.293. The summed E-state index contributed by atoms with van der Waals surface area (Å²) in [5.74, 6) is -1.19. The van der Waals surface area contributed by atoms with E-state index in [4.69, 9.17) is 5.73 Å². The number of aliphatic carboxylic acids is 1. The Morgan fingerprint density at radius 3 is 3.00 bits per heavy atom. The molecule has 2 rings (SSSR count). The van der Waals surface area contributed by atoms with Crippen molar-refractivity contribution in [2.24, 2.45) is 11.1 Å². The van der Waals surface area contributed by atoms with Gasteiger partial charge in [-0.15, -0.1) is 0 Å². The van der Waals surface area contributed by atoms with Crippen LogP contribution in [0.2, 0.25) is 0 Å². The van der Waals surface area contributed by atoms with E-state index in [1.54, 1.807) is 24.0 Å². The van der Waals surface area contributed by atoms with E-state index in [2.05, 4.69) is 10.3 Å². The topological polar surface area (TPSA) is 110 Å². The van der Waals surface area contributed by atoms with Gasteiger partial charge in [0.2, 0.25) is 0 Å². The lowest BCUT2D eigenvalue weighted by Gasteiger charge is -2.38. The molecule has 1 aliphatic rings. The van der Waals surface area contributed by atoms with Gasteiger partial charge < -0.3 is 20.7 Å². The van der Waals surface area contributed by atoms with Crippen molar-refractivity contribution in [2.75, 3.05) is 6.54 Å². The van der Waals surface area contributed by atoms with E-state index >= 15 is 0 Å². The van der Waals surface area contributed by atoms with Gasteiger partial charge in [-0.05, 0) is 19.8 Å². The predicted octanol–water partition coefficient (Wildman–Crippen LogP) is 0.605. The van der Waals surface area contributed by atoms with Crippen molar-refractivity contribution in [3.8, 4) is 0 Å². The molecule has 0 radical (unpaired) electrons. The first-order chi connectivity index (χ1) is 9.97. The number of imidazole rings is 1. The number of nitrogens with zero attached hydrogens (tertiary/aromatic N) is 2. The molecule has 2 unspecified atom stereocenters. The Bertz CT molecular complexity index is 528. The van der Waals surface area contributed by atoms with E-state index in [1.165, 1.54) is 0 Å². The van der Waals surface area contributed by atoms with Crippen molar-refractivity contribution < 1.29 is 14.7 Å². The van der Waals surface area contributed by atoms with Gasteiger partial charge in [0, 0.05) is 25.3 Å². The van der Waals surface area contributed by atoms with E-state index in [1.807, 2.05) is 0 Å². The summed E-state index contributed by atoms with van der Waals surface area (Å²) < 4.78 is 1.74. The Kier molecular flexibility index (Phi) is 4.62. The Hall–Kier alpha value is -1.89. The summed E-state index contributed by atoms with van der Waals surface area (Å²) in [5.41, 5.74) is 4.83. The molecular formula is C14H22N4O3. The van der Waals surface area contributed by atoms with Crippen LogP contribution in [0.1, 0.15) is 43.1 Å². The molecule has 2 atom stereocenters. The number of amides is 1. The fourth-order valence-electron chi connectivity index (χ4n) is 2.80. The zero-order valence-electron chi connectivity index (χ0n) is 12.2. The van der Waals surface area contributed by atoms with Crippen LogP contribution in [0.5, 0.6) is 0 Å². The summed E-state index contributed by atoms with van der Waals surface area (Å²) in [4.78, 5) is 27.8. The second kappa shape index (κ2) is 6.26. The van der Waals surface area contributed by atoms with Crippen LogP contribution in [0.25, 0.3) is 0 Å². The van der Waals surface area contributed by atoms with Crippen molar-refractivity contribution in [2.45, 2.75) is 45.2 Å². The molecule has 1 aromatic heterocycles. The average Bonchev–Trinajstić information content (AvgIpc) is 2.90. The number of nitrogens with one attached hydrogen (secondary N) is 1. The molecule has 1 aliphatic carbocycles. The van der Waals surface area contributed by atoms with Crippen molar-refractivity contribution in [1.82, 2.24) is 14.9 Å². The maximum absolute atomic E-state index is 12.2. The lowest BCUT2D eigenvalue weighted by molar-refractivity contribution is -0.151. The molecule has 1 heterocycles. The monoisotopic (exact) mass is 294 g/mol. The van der Waals surface area contributed by atoms with Crippen LogP contribution in [0.15, 0.2) is 12.5 Å². The third-order valence-corrected chi connectivity index (χ3v) is 4.26. The molecule has 0 aliphatic heterocycles. The summed E-state index contributed by atoms with van der Waals surface area (Å²) in [6, 6.07) is -0.365. The van der Waals surface area contributed by atoms with Gasteiger partial charge in [0.05, 0.1) is 11.7 Å². The maximum Gasteiger partial charge on any atom is 0.311 e. The van der Waals surface area contributed by atoms with E-state index < -0.39 is 11.4 Å². The maximum atomic E-state index is 12.2. The number of aromatic nitrogens is 2. The molecule has 7 nitrogen and oxygen atoms in total. The van der Waals surface area contributed by atoms with Crippen molar-refractivity contribution in [3.63, 3.8) is 0 Å². The number of carboxylic acids is 1. The van der Waals surface area contributed by atoms with Gasteiger partial charge in [-0.25, -0.2) is 4.98 Å². The van der Waals surface area contributed by atoms with Crippen LogP contribution in [-0.4, -0.2) is 39.1 Å². The SMILES string of the molecule is CC1(C(=O)O)CCCCC1NC(=O)c1cn(CCN)cn1. The highest BCUT2D eigenvalue weighted by Gasteiger charge is 2.44. The minimum atomic E-state index is -0.909. The molecule has 0 spiro atoms. The van der Waals surface area contributed by atoms with E-state index in [9.17, 15) is 14.7 Å². The molecule has 0 saturated heterocycles. The Morgan fingerprint density at radius 2 is 2.33 bits per heavy atom. The highest BCUT2D eigenvalue weighted by Crippen LogP contribution is 2.36. The minimum Gasteiger partial charge on any atom is -0.481 e. The summed E-state index contributed by atoms with van der Waals surface area (Å²) in [6.07, 6.45) is 6.24. The number of carbonyl (C=O) groups is 2. The predicted molar refractivity (Wildman–Crippen MR) is 76.7 cm³/mol. The zero-order valence-corrected chi connectivity index (χ0v) is 12.2. The van der Waals surface area contributed by atoms with Crippen LogP contribution >= 0.6 is 0 Å². The van der Waals surface area contributed by atoms with Gasteiger partial charge >= 0.3 is 5.97 Å². The first-order valence-electron chi connectivity index (χ1n) is 7.23. The molecule has 0 aromatic carbocycles. The van der Waals surface area contributed by atoms with Gasteiger partial charge in [0.25, 0.3) is 5.91 Å². The molecule has 116 valence electrons. The smallest absolute Gasteiger partial charge is 0.311 e. The Balaban J connectivity index is 2.07. The highest BCUT2D eigenvalue weighted by atomic mass is 16.4. The number of carboxylic acid groups (broad SMARTS) is 1.